The minimum Gasteiger partial charge on any atom is -0.320 e. The number of aromatic nitrogens is 2. The molecule has 0 unspecified atom stereocenters. The molecule has 1 aliphatic heterocycles. The molecule has 0 radical (unpaired) electrons. The van der Waals surface area contributed by atoms with Gasteiger partial charge in [-0.1, -0.05) is 17.4 Å². The highest BCUT2D eigenvalue weighted by molar-refractivity contribution is 7.89. The zero-order valence-electron chi connectivity index (χ0n) is 17.7. The van der Waals surface area contributed by atoms with E-state index in [2.05, 4.69) is 15.5 Å². The lowest BCUT2D eigenvalue weighted by atomic mass is 10.0. The van der Waals surface area contributed by atoms with E-state index in [-0.39, 0.29) is 21.6 Å². The van der Waals surface area contributed by atoms with Gasteiger partial charge in [0.2, 0.25) is 15.0 Å². The molecule has 3 aromatic rings. The number of benzene rings is 2. The Balaban J connectivity index is 1.48. The van der Waals surface area contributed by atoms with Gasteiger partial charge in [-0.05, 0) is 74.2 Å². The number of carbonyl (C=O) groups is 1. The number of carbonyl (C=O) groups excluding carboxylic acids is 1. The Morgan fingerprint density at radius 1 is 1.12 bits per heavy atom. The third kappa shape index (κ3) is 4.72. The molecule has 168 valence electrons. The zero-order chi connectivity index (χ0) is 22.9. The van der Waals surface area contributed by atoms with Crippen LogP contribution in [0.1, 0.15) is 44.7 Å². The molecule has 10 heteroatoms. The van der Waals surface area contributed by atoms with Gasteiger partial charge in [0.15, 0.2) is 0 Å². The first-order valence-corrected chi connectivity index (χ1v) is 12.5. The number of nitrogens with one attached hydrogen (secondary N) is 1. The van der Waals surface area contributed by atoms with Crippen LogP contribution in [0.3, 0.4) is 0 Å². The third-order valence-corrected chi connectivity index (χ3v) is 8.53. The van der Waals surface area contributed by atoms with Gasteiger partial charge in [0.25, 0.3) is 5.91 Å². The van der Waals surface area contributed by atoms with Gasteiger partial charge in [-0.25, -0.2) is 12.8 Å². The number of amides is 1. The largest absolute Gasteiger partial charge is 0.320 e. The second-order valence-corrected chi connectivity index (χ2v) is 10.8. The minimum absolute atomic E-state index is 0.130. The lowest BCUT2D eigenvalue weighted by Crippen LogP contribution is -2.39. The second-order valence-electron chi connectivity index (χ2n) is 7.85. The van der Waals surface area contributed by atoms with E-state index in [1.807, 2.05) is 19.9 Å². The third-order valence-electron chi connectivity index (χ3n) is 5.59. The van der Waals surface area contributed by atoms with Gasteiger partial charge in [-0.15, -0.1) is 10.2 Å². The number of nitrogens with zero attached hydrogens (tertiary/aromatic N) is 3. The molecule has 0 aliphatic carbocycles. The van der Waals surface area contributed by atoms with Gasteiger partial charge in [0, 0.05) is 24.7 Å². The lowest BCUT2D eigenvalue weighted by Gasteiger charge is -2.30. The number of sulfonamides is 1. The number of halogens is 1. The molecule has 4 rings (SSSR count). The Labute approximate surface area is 190 Å². The predicted molar refractivity (Wildman–Crippen MR) is 121 cm³/mol. The fraction of sp³-hybridized carbons (Fsp3) is 0.318. The van der Waals surface area contributed by atoms with Crippen molar-refractivity contribution in [2.75, 3.05) is 18.4 Å². The molecule has 1 fully saturated rings. The summed E-state index contributed by atoms with van der Waals surface area (Å²) < 4.78 is 40.9. The van der Waals surface area contributed by atoms with Gasteiger partial charge in [0.05, 0.1) is 4.90 Å². The summed E-state index contributed by atoms with van der Waals surface area (Å²) in [6.45, 7) is 4.58. The summed E-state index contributed by atoms with van der Waals surface area (Å²) in [6, 6.07) is 10.6. The summed E-state index contributed by atoms with van der Waals surface area (Å²) >= 11 is 1.15. The van der Waals surface area contributed by atoms with Crippen molar-refractivity contribution in [3.63, 3.8) is 0 Å². The molecule has 0 saturated carbocycles. The Kier molecular flexibility index (Phi) is 6.36. The Hall–Kier alpha value is -2.69. The highest BCUT2D eigenvalue weighted by Crippen LogP contribution is 2.32. The summed E-state index contributed by atoms with van der Waals surface area (Å²) in [4.78, 5) is 12.7. The van der Waals surface area contributed by atoms with Crippen molar-refractivity contribution in [2.45, 2.75) is 37.5 Å². The van der Waals surface area contributed by atoms with Crippen LogP contribution in [-0.4, -0.2) is 41.9 Å². The van der Waals surface area contributed by atoms with Crippen LogP contribution in [-0.2, 0) is 10.0 Å². The van der Waals surface area contributed by atoms with Gasteiger partial charge < -0.3 is 5.32 Å². The van der Waals surface area contributed by atoms with Crippen molar-refractivity contribution < 1.29 is 17.6 Å². The molecule has 7 nitrogen and oxygen atoms in total. The molecule has 0 spiro atoms. The monoisotopic (exact) mass is 474 g/mol. The average molecular weight is 475 g/mol. The van der Waals surface area contributed by atoms with Crippen LogP contribution in [0.4, 0.5) is 10.1 Å². The maximum atomic E-state index is 13.2. The smallest absolute Gasteiger partial charge is 0.286 e. The highest BCUT2D eigenvalue weighted by atomic mass is 32.2. The van der Waals surface area contributed by atoms with Gasteiger partial charge in [-0.2, -0.15) is 4.31 Å². The van der Waals surface area contributed by atoms with E-state index in [0.717, 1.165) is 28.9 Å². The fourth-order valence-corrected chi connectivity index (χ4v) is 6.07. The molecular formula is C22H23FN4O3S2. The van der Waals surface area contributed by atoms with Crippen LogP contribution in [0.25, 0.3) is 0 Å². The van der Waals surface area contributed by atoms with Crippen LogP contribution >= 0.6 is 11.3 Å². The number of aryl methyl sites for hydroxylation is 2. The van der Waals surface area contributed by atoms with Crippen molar-refractivity contribution in [3.05, 3.63) is 69.4 Å². The maximum Gasteiger partial charge on any atom is 0.286 e. The minimum atomic E-state index is -3.62. The summed E-state index contributed by atoms with van der Waals surface area (Å²) in [7, 11) is -3.62. The van der Waals surface area contributed by atoms with Crippen LogP contribution < -0.4 is 5.32 Å². The van der Waals surface area contributed by atoms with Crippen molar-refractivity contribution >= 4 is 33.0 Å². The molecule has 1 saturated heterocycles. The fourth-order valence-electron chi connectivity index (χ4n) is 3.59. The summed E-state index contributed by atoms with van der Waals surface area (Å²) in [5, 5.41) is 11.6. The molecular weight excluding hydrogens is 451 g/mol. The first-order chi connectivity index (χ1) is 15.2. The zero-order valence-corrected chi connectivity index (χ0v) is 19.3. The van der Waals surface area contributed by atoms with Crippen molar-refractivity contribution in [3.8, 4) is 0 Å². The molecule has 32 heavy (non-hydrogen) atoms. The summed E-state index contributed by atoms with van der Waals surface area (Å²) in [5.41, 5.74) is 2.43. The van der Waals surface area contributed by atoms with E-state index < -0.39 is 15.9 Å². The molecule has 1 amide bonds. The molecule has 1 aromatic heterocycles. The van der Waals surface area contributed by atoms with Gasteiger partial charge >= 0.3 is 0 Å². The first kappa shape index (κ1) is 22.5. The Morgan fingerprint density at radius 2 is 1.88 bits per heavy atom. The Bertz CT molecular complexity index is 1240. The quantitative estimate of drug-likeness (QED) is 0.601. The normalized spacial score (nSPS) is 17.3. The molecule has 1 N–H and O–H groups in total. The van der Waals surface area contributed by atoms with Crippen molar-refractivity contribution in [2.24, 2.45) is 0 Å². The number of anilines is 1. The number of hydrogen-bond acceptors (Lipinski definition) is 6. The van der Waals surface area contributed by atoms with E-state index in [0.29, 0.717) is 30.2 Å². The molecule has 1 aliphatic rings. The number of piperidine rings is 1. The topological polar surface area (TPSA) is 92.3 Å². The molecule has 2 aromatic carbocycles. The van der Waals surface area contributed by atoms with Crippen molar-refractivity contribution in [1.82, 2.24) is 14.5 Å². The average Bonchev–Trinajstić information content (AvgIpc) is 3.28. The van der Waals surface area contributed by atoms with Gasteiger partial charge in [0.1, 0.15) is 10.8 Å². The standard InChI is InChI=1S/C22H23FN4O3S2/c1-14-5-10-19(12-15(14)2)32(29,30)27-11-3-4-16(13-27)21-25-26-22(31-21)20(28)24-18-8-6-17(23)7-9-18/h5-10,12,16H,3-4,11,13H2,1-2H3,(H,24,28)/t16-/m1/s1. The van der Waals surface area contributed by atoms with E-state index in [9.17, 15) is 17.6 Å². The summed E-state index contributed by atoms with van der Waals surface area (Å²) in [5.74, 6) is -0.954. The second kappa shape index (κ2) is 9.05. The predicted octanol–water partition coefficient (Wildman–Crippen LogP) is 4.11. The maximum absolute atomic E-state index is 13.2. The van der Waals surface area contributed by atoms with E-state index in [1.54, 1.807) is 12.1 Å². The van der Waals surface area contributed by atoms with E-state index in [4.69, 9.17) is 0 Å². The van der Waals surface area contributed by atoms with Crippen LogP contribution in [0.15, 0.2) is 47.4 Å². The number of hydrogen-bond donors (Lipinski definition) is 1. The van der Waals surface area contributed by atoms with Gasteiger partial charge in [-0.3, -0.25) is 4.79 Å². The van der Waals surface area contributed by atoms with E-state index >= 15 is 0 Å². The lowest BCUT2D eigenvalue weighted by molar-refractivity contribution is 0.102. The van der Waals surface area contributed by atoms with Crippen LogP contribution in [0, 0.1) is 19.7 Å². The van der Waals surface area contributed by atoms with Crippen molar-refractivity contribution in [1.29, 1.82) is 0 Å². The SMILES string of the molecule is Cc1ccc(S(=O)(=O)N2CCC[C@@H](c3nnc(C(=O)Nc4ccc(F)cc4)s3)C2)cc1C. The summed E-state index contributed by atoms with van der Waals surface area (Å²) in [6.07, 6.45) is 1.47. The molecule has 2 heterocycles. The Morgan fingerprint density at radius 3 is 2.59 bits per heavy atom. The molecule has 1 atom stereocenters. The first-order valence-electron chi connectivity index (χ1n) is 10.2. The van der Waals surface area contributed by atoms with Crippen LogP contribution in [0.5, 0.6) is 0 Å². The highest BCUT2D eigenvalue weighted by Gasteiger charge is 2.33. The number of rotatable bonds is 5. The molecule has 0 bridgehead atoms. The van der Waals surface area contributed by atoms with Crippen LogP contribution in [0.2, 0.25) is 0 Å². The van der Waals surface area contributed by atoms with E-state index in [1.165, 1.54) is 28.6 Å².